The predicted molar refractivity (Wildman–Crippen MR) is 113 cm³/mol. The van der Waals surface area contributed by atoms with Crippen molar-refractivity contribution in [3.63, 3.8) is 0 Å². The van der Waals surface area contributed by atoms with Crippen LogP contribution in [-0.2, 0) is 4.79 Å². The van der Waals surface area contributed by atoms with Crippen molar-refractivity contribution in [2.45, 2.75) is 12.1 Å². The molecule has 3 aromatic rings. The van der Waals surface area contributed by atoms with E-state index < -0.39 is 0 Å². The third kappa shape index (κ3) is 4.91. The van der Waals surface area contributed by atoms with Gasteiger partial charge in [0.1, 0.15) is 0 Å². The minimum absolute atomic E-state index is 0.149. The number of carbonyl (C=O) groups excluding carboxylic acids is 1. The SMILES string of the molecule is Cc1cc(I)ccc1NC(=O)CSc1nnc(-c2ccc(Cl)cc2Cl)o1. The minimum atomic E-state index is -0.149. The molecule has 26 heavy (non-hydrogen) atoms. The van der Waals surface area contributed by atoms with Gasteiger partial charge in [-0.3, -0.25) is 4.79 Å². The summed E-state index contributed by atoms with van der Waals surface area (Å²) in [6, 6.07) is 10.8. The molecule has 0 saturated carbocycles. The number of nitrogens with one attached hydrogen (secondary N) is 1. The summed E-state index contributed by atoms with van der Waals surface area (Å²) < 4.78 is 6.68. The lowest BCUT2D eigenvalue weighted by atomic mass is 10.2. The molecule has 0 aliphatic rings. The number of aryl methyl sites for hydroxylation is 1. The lowest BCUT2D eigenvalue weighted by molar-refractivity contribution is -0.113. The number of rotatable bonds is 5. The van der Waals surface area contributed by atoms with Crippen LogP contribution in [0.1, 0.15) is 5.56 Å². The van der Waals surface area contributed by atoms with Crippen molar-refractivity contribution in [1.29, 1.82) is 0 Å². The Balaban J connectivity index is 1.61. The molecule has 134 valence electrons. The Morgan fingerprint density at radius 3 is 2.77 bits per heavy atom. The van der Waals surface area contributed by atoms with Crippen LogP contribution >= 0.6 is 57.6 Å². The number of amides is 1. The van der Waals surface area contributed by atoms with Crippen LogP contribution in [-0.4, -0.2) is 21.9 Å². The average molecular weight is 520 g/mol. The number of anilines is 1. The molecule has 0 atom stereocenters. The van der Waals surface area contributed by atoms with E-state index in [0.29, 0.717) is 20.8 Å². The summed E-state index contributed by atoms with van der Waals surface area (Å²) in [6.07, 6.45) is 0. The first kappa shape index (κ1) is 19.5. The highest BCUT2D eigenvalue weighted by molar-refractivity contribution is 14.1. The van der Waals surface area contributed by atoms with Gasteiger partial charge in [0.15, 0.2) is 0 Å². The maximum atomic E-state index is 12.1. The highest BCUT2D eigenvalue weighted by Gasteiger charge is 2.14. The lowest BCUT2D eigenvalue weighted by Crippen LogP contribution is -2.14. The first-order valence-corrected chi connectivity index (χ1v) is 10.2. The van der Waals surface area contributed by atoms with Gasteiger partial charge in [-0.2, -0.15) is 0 Å². The Labute approximate surface area is 178 Å². The number of carbonyl (C=O) groups is 1. The molecule has 0 aliphatic heterocycles. The van der Waals surface area contributed by atoms with Crippen LogP contribution < -0.4 is 5.32 Å². The molecule has 5 nitrogen and oxygen atoms in total. The van der Waals surface area contributed by atoms with Crippen LogP contribution in [0, 0.1) is 10.5 Å². The molecular formula is C17H12Cl2IN3O2S. The maximum Gasteiger partial charge on any atom is 0.277 e. The zero-order chi connectivity index (χ0) is 18.7. The zero-order valence-corrected chi connectivity index (χ0v) is 17.9. The second kappa shape index (κ2) is 8.60. The van der Waals surface area contributed by atoms with Crippen LogP contribution in [0.25, 0.3) is 11.5 Å². The van der Waals surface area contributed by atoms with E-state index in [1.165, 1.54) is 0 Å². The number of halogens is 3. The number of benzene rings is 2. The molecule has 0 aliphatic carbocycles. The summed E-state index contributed by atoms with van der Waals surface area (Å²) in [6.45, 7) is 1.95. The van der Waals surface area contributed by atoms with Crippen LogP contribution in [0.2, 0.25) is 10.0 Å². The minimum Gasteiger partial charge on any atom is -0.411 e. The van der Waals surface area contributed by atoms with Gasteiger partial charge in [-0.1, -0.05) is 35.0 Å². The van der Waals surface area contributed by atoms with Crippen molar-refractivity contribution in [3.05, 3.63) is 55.6 Å². The van der Waals surface area contributed by atoms with Crippen molar-refractivity contribution in [3.8, 4) is 11.5 Å². The van der Waals surface area contributed by atoms with Gasteiger partial charge in [0.05, 0.1) is 16.3 Å². The Kier molecular flexibility index (Phi) is 6.44. The standard InChI is InChI=1S/C17H12Cl2IN3O2S/c1-9-6-11(20)3-5-14(9)21-15(24)8-26-17-23-22-16(25-17)12-4-2-10(18)7-13(12)19/h2-7H,8H2,1H3,(H,21,24). The van der Waals surface area contributed by atoms with E-state index in [2.05, 4.69) is 38.1 Å². The Morgan fingerprint density at radius 2 is 2.04 bits per heavy atom. The van der Waals surface area contributed by atoms with Gasteiger partial charge in [-0.25, -0.2) is 0 Å². The second-order valence-electron chi connectivity index (χ2n) is 5.29. The number of nitrogens with zero attached hydrogens (tertiary/aromatic N) is 2. The van der Waals surface area contributed by atoms with E-state index in [0.717, 1.165) is 26.6 Å². The molecule has 0 bridgehead atoms. The first-order valence-electron chi connectivity index (χ1n) is 7.40. The van der Waals surface area contributed by atoms with Crippen molar-refractivity contribution in [1.82, 2.24) is 10.2 Å². The topological polar surface area (TPSA) is 68.0 Å². The highest BCUT2D eigenvalue weighted by Crippen LogP contribution is 2.31. The fourth-order valence-corrected chi connectivity index (χ4v) is 3.82. The van der Waals surface area contributed by atoms with Gasteiger partial charge in [0, 0.05) is 14.3 Å². The molecule has 0 radical (unpaired) electrons. The summed E-state index contributed by atoms with van der Waals surface area (Å²) >= 11 is 15.4. The summed E-state index contributed by atoms with van der Waals surface area (Å²) in [5.74, 6) is 0.285. The van der Waals surface area contributed by atoms with Gasteiger partial charge in [-0.05, 0) is 71.5 Å². The highest BCUT2D eigenvalue weighted by atomic mass is 127. The van der Waals surface area contributed by atoms with E-state index in [-0.39, 0.29) is 17.6 Å². The summed E-state index contributed by atoms with van der Waals surface area (Å²) in [5.41, 5.74) is 2.39. The molecule has 1 N–H and O–H groups in total. The normalized spacial score (nSPS) is 10.8. The molecule has 1 heterocycles. The molecule has 3 rings (SSSR count). The van der Waals surface area contributed by atoms with E-state index in [4.69, 9.17) is 27.6 Å². The molecule has 0 unspecified atom stereocenters. The fourth-order valence-electron chi connectivity index (χ4n) is 2.12. The molecule has 1 aromatic heterocycles. The van der Waals surface area contributed by atoms with Crippen molar-refractivity contribution < 1.29 is 9.21 Å². The number of thioether (sulfide) groups is 1. The third-order valence-electron chi connectivity index (χ3n) is 3.36. The number of hydrogen-bond acceptors (Lipinski definition) is 5. The quantitative estimate of drug-likeness (QED) is 0.346. The maximum absolute atomic E-state index is 12.1. The molecule has 1 amide bonds. The number of aromatic nitrogens is 2. The lowest BCUT2D eigenvalue weighted by Gasteiger charge is -2.07. The largest absolute Gasteiger partial charge is 0.411 e. The molecule has 0 fully saturated rings. The van der Waals surface area contributed by atoms with Gasteiger partial charge in [0.25, 0.3) is 5.22 Å². The molecule has 0 spiro atoms. The first-order chi connectivity index (χ1) is 12.4. The third-order valence-corrected chi connectivity index (χ3v) is 5.39. The summed E-state index contributed by atoms with van der Waals surface area (Å²) in [4.78, 5) is 12.1. The summed E-state index contributed by atoms with van der Waals surface area (Å²) in [5, 5.41) is 12.0. The number of hydrogen-bond donors (Lipinski definition) is 1. The Hall–Kier alpha value is -1.29. The van der Waals surface area contributed by atoms with Crippen molar-refractivity contribution >= 4 is 69.1 Å². The van der Waals surface area contributed by atoms with E-state index in [1.54, 1.807) is 18.2 Å². The average Bonchev–Trinajstić information content (AvgIpc) is 3.04. The monoisotopic (exact) mass is 519 g/mol. The van der Waals surface area contributed by atoms with Crippen LogP contribution in [0.5, 0.6) is 0 Å². The van der Waals surface area contributed by atoms with E-state index in [9.17, 15) is 4.79 Å². The van der Waals surface area contributed by atoms with Crippen LogP contribution in [0.3, 0.4) is 0 Å². The van der Waals surface area contributed by atoms with Gasteiger partial charge < -0.3 is 9.73 Å². The van der Waals surface area contributed by atoms with Crippen molar-refractivity contribution in [2.24, 2.45) is 0 Å². The zero-order valence-electron chi connectivity index (χ0n) is 13.4. The molecule has 9 heteroatoms. The second-order valence-corrected chi connectivity index (χ2v) is 8.31. The van der Waals surface area contributed by atoms with Crippen LogP contribution in [0.15, 0.2) is 46.0 Å². The smallest absolute Gasteiger partial charge is 0.277 e. The van der Waals surface area contributed by atoms with Crippen LogP contribution in [0.4, 0.5) is 5.69 Å². The Morgan fingerprint density at radius 1 is 1.23 bits per heavy atom. The van der Waals surface area contributed by atoms with E-state index >= 15 is 0 Å². The molecule has 2 aromatic carbocycles. The predicted octanol–water partition coefficient (Wildman–Crippen LogP) is 5.69. The van der Waals surface area contributed by atoms with E-state index in [1.807, 2.05) is 25.1 Å². The fraction of sp³-hybridized carbons (Fsp3) is 0.118. The molecule has 0 saturated heterocycles. The van der Waals surface area contributed by atoms with Crippen molar-refractivity contribution in [2.75, 3.05) is 11.1 Å². The molecular weight excluding hydrogens is 508 g/mol. The summed E-state index contributed by atoms with van der Waals surface area (Å²) in [7, 11) is 0. The van der Waals surface area contributed by atoms with Gasteiger partial charge >= 0.3 is 0 Å². The Bertz CT molecular complexity index is 965. The van der Waals surface area contributed by atoms with Gasteiger partial charge in [-0.15, -0.1) is 10.2 Å². The van der Waals surface area contributed by atoms with Gasteiger partial charge in [0.2, 0.25) is 11.8 Å².